The van der Waals surface area contributed by atoms with Crippen molar-refractivity contribution in [1.82, 2.24) is 10.6 Å². The van der Waals surface area contributed by atoms with Gasteiger partial charge in [0.25, 0.3) is 0 Å². The van der Waals surface area contributed by atoms with E-state index in [4.69, 9.17) is 0 Å². The highest BCUT2D eigenvalue weighted by molar-refractivity contribution is 5.82. The molecule has 3 aliphatic rings. The number of rotatable bonds is 3. The van der Waals surface area contributed by atoms with Crippen molar-refractivity contribution in [2.45, 2.75) is 81.9 Å². The third-order valence-electron chi connectivity index (χ3n) is 5.56. The van der Waals surface area contributed by atoms with Crippen LogP contribution in [0.3, 0.4) is 0 Å². The minimum absolute atomic E-state index is 0.0321. The average Bonchev–Trinajstić information content (AvgIpc) is 2.89. The number of carbonyl (C=O) groups excluding carboxylic acids is 1. The van der Waals surface area contributed by atoms with E-state index >= 15 is 0 Å². The van der Waals surface area contributed by atoms with E-state index in [1.165, 1.54) is 32.1 Å². The molecule has 3 N–H and O–H groups in total. The fraction of sp³-hybridized carbons (Fsp3) is 0.938. The molecule has 20 heavy (non-hydrogen) atoms. The maximum Gasteiger partial charge on any atom is 0.237 e. The lowest BCUT2D eigenvalue weighted by molar-refractivity contribution is -0.124. The van der Waals surface area contributed by atoms with E-state index < -0.39 is 5.60 Å². The molecule has 3 rings (SSSR count). The monoisotopic (exact) mass is 280 g/mol. The number of amides is 1. The predicted molar refractivity (Wildman–Crippen MR) is 78.3 cm³/mol. The summed E-state index contributed by atoms with van der Waals surface area (Å²) in [5, 5.41) is 16.9. The first-order valence-electron chi connectivity index (χ1n) is 8.42. The van der Waals surface area contributed by atoms with Crippen molar-refractivity contribution < 1.29 is 9.90 Å². The number of aliphatic hydroxyl groups is 1. The van der Waals surface area contributed by atoms with Gasteiger partial charge in [0.15, 0.2) is 0 Å². The second-order valence-electron chi connectivity index (χ2n) is 7.11. The third-order valence-corrected chi connectivity index (χ3v) is 5.56. The molecular weight excluding hydrogens is 252 g/mol. The lowest BCUT2D eigenvalue weighted by Crippen LogP contribution is -2.49. The van der Waals surface area contributed by atoms with Crippen LogP contribution in [0, 0.1) is 5.92 Å². The van der Waals surface area contributed by atoms with Crippen LogP contribution in [0.5, 0.6) is 0 Å². The minimum Gasteiger partial charge on any atom is -0.388 e. The Hall–Kier alpha value is -0.610. The molecule has 114 valence electrons. The van der Waals surface area contributed by atoms with E-state index in [1.807, 2.05) is 0 Å². The standard InChI is InChI=1S/C16H28N2O2/c19-15(17-11-16(20)8-4-1-5-9-16)14-10-12-6-2-3-7-13(12)18-14/h12-14,18,20H,1-11H2,(H,17,19). The van der Waals surface area contributed by atoms with Crippen LogP contribution in [0.25, 0.3) is 0 Å². The summed E-state index contributed by atoms with van der Waals surface area (Å²) in [5.74, 6) is 0.788. The van der Waals surface area contributed by atoms with Gasteiger partial charge in [0.1, 0.15) is 0 Å². The van der Waals surface area contributed by atoms with E-state index in [9.17, 15) is 9.90 Å². The third kappa shape index (κ3) is 3.17. The van der Waals surface area contributed by atoms with Crippen LogP contribution in [0.4, 0.5) is 0 Å². The first kappa shape index (κ1) is 14.3. The summed E-state index contributed by atoms with van der Waals surface area (Å²) in [4.78, 5) is 12.3. The van der Waals surface area contributed by atoms with E-state index in [2.05, 4.69) is 10.6 Å². The van der Waals surface area contributed by atoms with Crippen molar-refractivity contribution in [1.29, 1.82) is 0 Å². The summed E-state index contributed by atoms with van der Waals surface area (Å²) in [6, 6.07) is 0.521. The van der Waals surface area contributed by atoms with Crippen LogP contribution in [-0.4, -0.2) is 35.2 Å². The zero-order valence-corrected chi connectivity index (χ0v) is 12.4. The average molecular weight is 280 g/mol. The highest BCUT2D eigenvalue weighted by atomic mass is 16.3. The second kappa shape index (κ2) is 6.02. The molecule has 4 nitrogen and oxygen atoms in total. The Morgan fingerprint density at radius 3 is 2.65 bits per heavy atom. The minimum atomic E-state index is -0.653. The van der Waals surface area contributed by atoms with Crippen molar-refractivity contribution in [2.24, 2.45) is 5.92 Å². The Morgan fingerprint density at radius 1 is 1.15 bits per heavy atom. The van der Waals surface area contributed by atoms with Gasteiger partial charge in [0, 0.05) is 12.6 Å². The molecule has 0 spiro atoms. The molecule has 1 amide bonds. The molecule has 3 fully saturated rings. The van der Waals surface area contributed by atoms with Crippen LogP contribution in [0.1, 0.15) is 64.2 Å². The Morgan fingerprint density at radius 2 is 1.90 bits per heavy atom. The van der Waals surface area contributed by atoms with E-state index in [0.29, 0.717) is 18.5 Å². The molecule has 3 unspecified atom stereocenters. The number of fused-ring (bicyclic) bond motifs is 1. The van der Waals surface area contributed by atoms with Crippen molar-refractivity contribution in [2.75, 3.05) is 6.54 Å². The molecule has 0 aromatic carbocycles. The number of hydrogen-bond donors (Lipinski definition) is 3. The Labute approximate surface area is 121 Å². The van der Waals surface area contributed by atoms with Gasteiger partial charge in [0.2, 0.25) is 5.91 Å². The molecule has 1 saturated heterocycles. The summed E-state index contributed by atoms with van der Waals surface area (Å²) in [6.07, 6.45) is 11.1. The first-order valence-corrected chi connectivity index (χ1v) is 8.42. The fourth-order valence-electron chi connectivity index (χ4n) is 4.28. The van der Waals surface area contributed by atoms with Gasteiger partial charge < -0.3 is 15.7 Å². The Kier molecular flexibility index (Phi) is 4.32. The smallest absolute Gasteiger partial charge is 0.237 e. The molecule has 0 radical (unpaired) electrons. The SMILES string of the molecule is O=C(NCC1(O)CCCCC1)C1CC2CCCCC2N1. The lowest BCUT2D eigenvalue weighted by Gasteiger charge is -2.32. The molecule has 2 aliphatic carbocycles. The summed E-state index contributed by atoms with van der Waals surface area (Å²) in [7, 11) is 0. The summed E-state index contributed by atoms with van der Waals surface area (Å²) in [5.41, 5.74) is -0.653. The number of hydrogen-bond acceptors (Lipinski definition) is 3. The van der Waals surface area contributed by atoms with Crippen LogP contribution in [-0.2, 0) is 4.79 Å². The highest BCUT2D eigenvalue weighted by Gasteiger charge is 2.39. The molecule has 4 heteroatoms. The lowest BCUT2D eigenvalue weighted by atomic mass is 9.84. The fourth-order valence-corrected chi connectivity index (χ4v) is 4.28. The van der Waals surface area contributed by atoms with E-state index in [1.54, 1.807) is 0 Å². The van der Waals surface area contributed by atoms with Gasteiger partial charge in [-0.15, -0.1) is 0 Å². The van der Waals surface area contributed by atoms with Crippen LogP contribution in [0.15, 0.2) is 0 Å². The number of nitrogens with one attached hydrogen (secondary N) is 2. The zero-order valence-electron chi connectivity index (χ0n) is 12.4. The van der Waals surface area contributed by atoms with Crippen LogP contribution in [0.2, 0.25) is 0 Å². The maximum atomic E-state index is 12.3. The van der Waals surface area contributed by atoms with E-state index in [0.717, 1.165) is 32.1 Å². The van der Waals surface area contributed by atoms with Crippen molar-refractivity contribution in [3.05, 3.63) is 0 Å². The molecule has 1 aliphatic heterocycles. The summed E-state index contributed by atoms with van der Waals surface area (Å²) in [6.45, 7) is 0.430. The van der Waals surface area contributed by atoms with Crippen molar-refractivity contribution in [3.63, 3.8) is 0 Å². The first-order chi connectivity index (χ1) is 9.66. The summed E-state index contributed by atoms with van der Waals surface area (Å²) >= 11 is 0. The largest absolute Gasteiger partial charge is 0.388 e. The highest BCUT2D eigenvalue weighted by Crippen LogP contribution is 2.33. The van der Waals surface area contributed by atoms with Crippen molar-refractivity contribution >= 4 is 5.91 Å². The topological polar surface area (TPSA) is 61.4 Å². The Balaban J connectivity index is 1.47. The van der Waals surface area contributed by atoms with Gasteiger partial charge in [0.05, 0.1) is 11.6 Å². The molecule has 0 aromatic rings. The van der Waals surface area contributed by atoms with Gasteiger partial charge in [-0.3, -0.25) is 4.79 Å². The quantitative estimate of drug-likeness (QED) is 0.737. The molecule has 2 saturated carbocycles. The maximum absolute atomic E-state index is 12.3. The van der Waals surface area contributed by atoms with Gasteiger partial charge >= 0.3 is 0 Å². The van der Waals surface area contributed by atoms with Crippen LogP contribution < -0.4 is 10.6 Å². The Bertz CT molecular complexity index is 338. The molecule has 0 aromatic heterocycles. The van der Waals surface area contributed by atoms with Gasteiger partial charge in [-0.1, -0.05) is 32.1 Å². The summed E-state index contributed by atoms with van der Waals surface area (Å²) < 4.78 is 0. The van der Waals surface area contributed by atoms with Crippen LogP contribution >= 0.6 is 0 Å². The normalized spacial score (nSPS) is 36.4. The van der Waals surface area contributed by atoms with Gasteiger partial charge in [-0.25, -0.2) is 0 Å². The molecule has 3 atom stereocenters. The molecule has 1 heterocycles. The zero-order chi connectivity index (χ0) is 14.0. The van der Waals surface area contributed by atoms with Crippen molar-refractivity contribution in [3.8, 4) is 0 Å². The second-order valence-corrected chi connectivity index (χ2v) is 7.11. The van der Waals surface area contributed by atoms with Gasteiger partial charge in [-0.2, -0.15) is 0 Å². The van der Waals surface area contributed by atoms with Gasteiger partial charge in [-0.05, 0) is 38.0 Å². The molecular formula is C16H28N2O2. The number of carbonyl (C=O) groups is 1. The van der Waals surface area contributed by atoms with E-state index in [-0.39, 0.29) is 11.9 Å². The predicted octanol–water partition coefficient (Wildman–Crippen LogP) is 1.72. The molecule has 0 bridgehead atoms.